The van der Waals surface area contributed by atoms with Crippen molar-refractivity contribution in [1.82, 2.24) is 9.97 Å². The van der Waals surface area contributed by atoms with Crippen molar-refractivity contribution in [3.8, 4) is 16.5 Å². The Morgan fingerprint density at radius 1 is 1.21 bits per heavy atom. The van der Waals surface area contributed by atoms with E-state index in [4.69, 9.17) is 4.74 Å². The van der Waals surface area contributed by atoms with E-state index in [2.05, 4.69) is 15.3 Å². The third kappa shape index (κ3) is 3.84. The average molecular weight is 394 g/mol. The number of anilines is 1. The molecular weight excluding hydrogens is 380 g/mol. The highest BCUT2D eigenvalue weighted by Crippen LogP contribution is 2.26. The van der Waals surface area contributed by atoms with Gasteiger partial charge in [0.1, 0.15) is 11.6 Å². The quantitative estimate of drug-likeness (QED) is 0.376. The Hall–Kier alpha value is -3.72. The van der Waals surface area contributed by atoms with Gasteiger partial charge in [-0.15, -0.1) is 11.3 Å². The van der Waals surface area contributed by atoms with Crippen molar-refractivity contribution in [2.45, 2.75) is 0 Å². The molecule has 1 amide bonds. The monoisotopic (exact) mass is 394 g/mol. The topological polar surface area (TPSA) is 110 Å². The van der Waals surface area contributed by atoms with Crippen molar-refractivity contribution >= 4 is 39.7 Å². The predicted molar refractivity (Wildman–Crippen MR) is 107 cm³/mol. The second kappa shape index (κ2) is 7.49. The number of nitrogens with zero attached hydrogens (tertiary/aromatic N) is 2. The number of aromatic nitrogens is 2. The van der Waals surface area contributed by atoms with E-state index in [1.807, 2.05) is 29.6 Å². The van der Waals surface area contributed by atoms with Gasteiger partial charge in [-0.2, -0.15) is 0 Å². The molecule has 0 fully saturated rings. The molecule has 0 aliphatic rings. The number of amides is 1. The first-order valence-corrected chi connectivity index (χ1v) is 9.17. The lowest BCUT2D eigenvalue weighted by Crippen LogP contribution is -2.20. The number of carbonyl (C=O) groups excluding carboxylic acids is 1. The lowest BCUT2D eigenvalue weighted by atomic mass is 10.3. The number of non-ortho nitro benzene ring substituents is 1. The lowest BCUT2D eigenvalue weighted by molar-refractivity contribution is -0.384. The van der Waals surface area contributed by atoms with Crippen LogP contribution in [0.5, 0.6) is 5.75 Å². The summed E-state index contributed by atoms with van der Waals surface area (Å²) in [4.78, 5) is 31.1. The average Bonchev–Trinajstić information content (AvgIpc) is 3.35. The van der Waals surface area contributed by atoms with E-state index < -0.39 is 4.92 Å². The van der Waals surface area contributed by atoms with Gasteiger partial charge >= 0.3 is 0 Å². The Kier molecular flexibility index (Phi) is 4.73. The molecule has 0 aliphatic heterocycles. The fourth-order valence-corrected chi connectivity index (χ4v) is 3.30. The summed E-state index contributed by atoms with van der Waals surface area (Å²) in [5.41, 5.74) is 2.21. The van der Waals surface area contributed by atoms with Crippen LogP contribution in [0.3, 0.4) is 0 Å². The maximum Gasteiger partial charge on any atom is 0.269 e. The van der Waals surface area contributed by atoms with Gasteiger partial charge in [-0.1, -0.05) is 6.07 Å². The van der Waals surface area contributed by atoms with Crippen LogP contribution in [0.15, 0.2) is 60.0 Å². The van der Waals surface area contributed by atoms with Crippen molar-refractivity contribution < 1.29 is 14.5 Å². The first-order chi connectivity index (χ1) is 13.6. The van der Waals surface area contributed by atoms with Crippen LogP contribution in [0.4, 0.5) is 11.4 Å². The van der Waals surface area contributed by atoms with Crippen LogP contribution in [-0.2, 0) is 4.79 Å². The van der Waals surface area contributed by atoms with Crippen molar-refractivity contribution in [1.29, 1.82) is 0 Å². The summed E-state index contributed by atoms with van der Waals surface area (Å²) in [6, 6.07) is 14.9. The number of nitrogens with one attached hydrogen (secondary N) is 2. The molecule has 2 N–H and O–H groups in total. The van der Waals surface area contributed by atoms with Gasteiger partial charge in [0.15, 0.2) is 6.61 Å². The number of rotatable bonds is 6. The zero-order valence-corrected chi connectivity index (χ0v) is 15.2. The number of carbonyl (C=O) groups is 1. The molecule has 140 valence electrons. The minimum Gasteiger partial charge on any atom is -0.484 e. The maximum atomic E-state index is 12.1. The van der Waals surface area contributed by atoms with Crippen LogP contribution >= 0.6 is 11.3 Å². The van der Waals surface area contributed by atoms with E-state index in [-0.39, 0.29) is 18.2 Å². The summed E-state index contributed by atoms with van der Waals surface area (Å²) in [6.07, 6.45) is 0. The molecule has 2 aromatic carbocycles. The van der Waals surface area contributed by atoms with E-state index in [9.17, 15) is 14.9 Å². The zero-order valence-electron chi connectivity index (χ0n) is 14.4. The van der Waals surface area contributed by atoms with E-state index in [0.29, 0.717) is 11.4 Å². The predicted octanol–water partition coefficient (Wildman–Crippen LogP) is 4.22. The third-order valence-corrected chi connectivity index (χ3v) is 4.81. The second-order valence-electron chi connectivity index (χ2n) is 5.88. The van der Waals surface area contributed by atoms with E-state index in [1.165, 1.54) is 24.3 Å². The molecule has 0 saturated carbocycles. The molecule has 0 unspecified atom stereocenters. The molecule has 0 spiro atoms. The Bertz CT molecular complexity index is 1140. The largest absolute Gasteiger partial charge is 0.484 e. The molecule has 0 radical (unpaired) electrons. The first-order valence-electron chi connectivity index (χ1n) is 8.29. The van der Waals surface area contributed by atoms with Crippen molar-refractivity contribution in [2.24, 2.45) is 0 Å². The number of imidazole rings is 1. The third-order valence-electron chi connectivity index (χ3n) is 3.94. The Morgan fingerprint density at radius 3 is 2.75 bits per heavy atom. The number of nitro groups is 1. The summed E-state index contributed by atoms with van der Waals surface area (Å²) in [5, 5.41) is 15.4. The Morgan fingerprint density at radius 2 is 2.04 bits per heavy atom. The van der Waals surface area contributed by atoms with Gasteiger partial charge in [0.25, 0.3) is 11.6 Å². The van der Waals surface area contributed by atoms with Crippen LogP contribution in [-0.4, -0.2) is 27.4 Å². The summed E-state index contributed by atoms with van der Waals surface area (Å²) in [5.74, 6) is 0.830. The molecule has 8 nitrogen and oxygen atoms in total. The molecule has 0 saturated heterocycles. The van der Waals surface area contributed by atoms with Gasteiger partial charge in [0, 0.05) is 17.8 Å². The number of aromatic amines is 1. The molecule has 2 aromatic heterocycles. The van der Waals surface area contributed by atoms with Crippen molar-refractivity contribution in [2.75, 3.05) is 11.9 Å². The molecule has 9 heteroatoms. The molecule has 4 aromatic rings. The molecular formula is C19H14N4O4S. The molecule has 0 aliphatic carbocycles. The number of hydrogen-bond acceptors (Lipinski definition) is 6. The highest BCUT2D eigenvalue weighted by atomic mass is 32.1. The SMILES string of the molecule is O=C(COc1ccc([N+](=O)[O-])cc1)Nc1ccc2nc(-c3cccs3)[nH]c2c1. The second-order valence-corrected chi connectivity index (χ2v) is 6.83. The first kappa shape index (κ1) is 17.7. The number of thiophene rings is 1. The lowest BCUT2D eigenvalue weighted by Gasteiger charge is -2.07. The fourth-order valence-electron chi connectivity index (χ4n) is 2.63. The standard InChI is InChI=1S/C19H14N4O4S/c24-18(11-27-14-6-4-13(5-7-14)23(25)26)20-12-3-8-15-16(10-12)22-19(21-15)17-2-1-9-28-17/h1-10H,11H2,(H,20,24)(H,21,22). The van der Waals surface area contributed by atoms with Crippen LogP contribution < -0.4 is 10.1 Å². The van der Waals surface area contributed by atoms with E-state index in [1.54, 1.807) is 17.4 Å². The number of nitro benzene ring substituents is 1. The van der Waals surface area contributed by atoms with Gasteiger partial charge in [0.2, 0.25) is 0 Å². The maximum absolute atomic E-state index is 12.1. The van der Waals surface area contributed by atoms with Gasteiger partial charge in [0.05, 0.1) is 20.8 Å². The molecule has 0 bridgehead atoms. The van der Waals surface area contributed by atoms with E-state index >= 15 is 0 Å². The van der Waals surface area contributed by atoms with Crippen LogP contribution in [0, 0.1) is 10.1 Å². The molecule has 4 rings (SSSR count). The highest BCUT2D eigenvalue weighted by Gasteiger charge is 2.10. The Labute approximate surface area is 163 Å². The van der Waals surface area contributed by atoms with Gasteiger partial charge in [-0.3, -0.25) is 14.9 Å². The minimum atomic E-state index is -0.494. The number of H-pyrrole nitrogens is 1. The highest BCUT2D eigenvalue weighted by molar-refractivity contribution is 7.13. The summed E-state index contributed by atoms with van der Waals surface area (Å²) < 4.78 is 5.36. The molecule has 28 heavy (non-hydrogen) atoms. The van der Waals surface area contributed by atoms with Crippen LogP contribution in [0.25, 0.3) is 21.7 Å². The smallest absolute Gasteiger partial charge is 0.269 e. The van der Waals surface area contributed by atoms with Gasteiger partial charge < -0.3 is 15.0 Å². The van der Waals surface area contributed by atoms with Crippen LogP contribution in [0.1, 0.15) is 0 Å². The number of hydrogen-bond donors (Lipinski definition) is 2. The van der Waals surface area contributed by atoms with Crippen LogP contribution in [0.2, 0.25) is 0 Å². The van der Waals surface area contributed by atoms with Crippen molar-refractivity contribution in [3.63, 3.8) is 0 Å². The minimum absolute atomic E-state index is 0.0356. The normalized spacial score (nSPS) is 10.7. The molecule has 2 heterocycles. The number of ether oxygens (including phenoxy) is 1. The van der Waals surface area contributed by atoms with E-state index in [0.717, 1.165) is 21.7 Å². The van der Waals surface area contributed by atoms with Crippen molar-refractivity contribution in [3.05, 3.63) is 70.1 Å². The fraction of sp³-hybridized carbons (Fsp3) is 0.0526. The van der Waals surface area contributed by atoms with Gasteiger partial charge in [-0.25, -0.2) is 4.98 Å². The number of benzene rings is 2. The summed E-state index contributed by atoms with van der Waals surface area (Å²) in [7, 11) is 0. The number of fused-ring (bicyclic) bond motifs is 1. The van der Waals surface area contributed by atoms with Gasteiger partial charge in [-0.05, 0) is 41.8 Å². The zero-order chi connectivity index (χ0) is 19.5. The summed E-state index contributed by atoms with van der Waals surface area (Å²) >= 11 is 1.60. The Balaban J connectivity index is 1.39. The molecule has 0 atom stereocenters. The summed E-state index contributed by atoms with van der Waals surface area (Å²) in [6.45, 7) is -0.209.